The molecular weight excluding hydrogens is 438 g/mol. The summed E-state index contributed by atoms with van der Waals surface area (Å²) in [6, 6.07) is 18.9. The Kier molecular flexibility index (Phi) is 6.06. The van der Waals surface area contributed by atoms with Crippen molar-refractivity contribution in [1.29, 1.82) is 0 Å². The molecule has 4 rings (SSSR count). The van der Waals surface area contributed by atoms with Crippen LogP contribution >= 0.6 is 22.9 Å². The lowest BCUT2D eigenvalue weighted by Gasteiger charge is -2.37. The van der Waals surface area contributed by atoms with E-state index >= 15 is 0 Å². The molecule has 1 fully saturated rings. The summed E-state index contributed by atoms with van der Waals surface area (Å²) in [4.78, 5) is 3.51. The quantitative estimate of drug-likeness (QED) is 0.557. The SMILES string of the molecule is C[C@@H]1CN(c2cccc(NS(=O)(=O)c3ccc(-c4ccc(Cl)s4)cc3)c2)C[C@H](C)N1. The van der Waals surface area contributed by atoms with E-state index in [1.807, 2.05) is 30.3 Å². The number of nitrogens with zero attached hydrogens (tertiary/aromatic N) is 1. The van der Waals surface area contributed by atoms with E-state index in [0.29, 0.717) is 22.1 Å². The first-order valence-corrected chi connectivity index (χ1v) is 12.5. The Morgan fingerprint density at radius 3 is 2.37 bits per heavy atom. The van der Waals surface area contributed by atoms with Crippen LogP contribution in [0.4, 0.5) is 11.4 Å². The highest BCUT2D eigenvalue weighted by Crippen LogP contribution is 2.32. The topological polar surface area (TPSA) is 61.4 Å². The van der Waals surface area contributed by atoms with Crippen LogP contribution in [0.3, 0.4) is 0 Å². The van der Waals surface area contributed by atoms with Gasteiger partial charge in [-0.2, -0.15) is 0 Å². The van der Waals surface area contributed by atoms with Gasteiger partial charge in [0, 0.05) is 35.7 Å². The predicted molar refractivity (Wildman–Crippen MR) is 126 cm³/mol. The summed E-state index contributed by atoms with van der Waals surface area (Å²) in [6.07, 6.45) is 0. The minimum Gasteiger partial charge on any atom is -0.368 e. The zero-order chi connectivity index (χ0) is 21.3. The molecule has 8 heteroatoms. The minimum absolute atomic E-state index is 0.226. The van der Waals surface area contributed by atoms with Gasteiger partial charge in [0.25, 0.3) is 10.0 Å². The lowest BCUT2D eigenvalue weighted by atomic mass is 10.1. The molecule has 2 N–H and O–H groups in total. The zero-order valence-corrected chi connectivity index (χ0v) is 19.2. The third kappa shape index (κ3) is 4.81. The predicted octanol–water partition coefficient (Wildman–Crippen LogP) is 5.06. The number of sulfonamides is 1. The number of hydrogen-bond acceptors (Lipinski definition) is 5. The van der Waals surface area contributed by atoms with Crippen molar-refractivity contribution in [3.8, 4) is 10.4 Å². The minimum atomic E-state index is -3.68. The number of thiophene rings is 1. The molecule has 0 unspecified atom stereocenters. The first-order valence-electron chi connectivity index (χ1n) is 9.80. The van der Waals surface area contributed by atoms with E-state index in [4.69, 9.17) is 11.6 Å². The number of halogens is 1. The highest BCUT2D eigenvalue weighted by atomic mass is 35.5. The van der Waals surface area contributed by atoms with E-state index in [9.17, 15) is 8.42 Å². The normalized spacial score (nSPS) is 19.6. The largest absolute Gasteiger partial charge is 0.368 e. The molecule has 0 bridgehead atoms. The van der Waals surface area contributed by atoms with Crippen molar-refractivity contribution in [3.63, 3.8) is 0 Å². The van der Waals surface area contributed by atoms with Gasteiger partial charge in [-0.15, -0.1) is 11.3 Å². The summed E-state index contributed by atoms with van der Waals surface area (Å²) in [6.45, 7) is 6.08. The molecule has 30 heavy (non-hydrogen) atoms. The Hall–Kier alpha value is -2.06. The number of hydrogen-bond donors (Lipinski definition) is 2. The third-order valence-corrected chi connectivity index (χ3v) is 7.72. The van der Waals surface area contributed by atoms with E-state index in [1.165, 1.54) is 11.3 Å². The summed E-state index contributed by atoms with van der Waals surface area (Å²) >= 11 is 7.46. The second-order valence-electron chi connectivity index (χ2n) is 7.66. The van der Waals surface area contributed by atoms with Gasteiger partial charge in [-0.1, -0.05) is 29.8 Å². The Bertz CT molecular complexity index is 1120. The molecule has 3 aromatic rings. The lowest BCUT2D eigenvalue weighted by Crippen LogP contribution is -2.54. The maximum absolute atomic E-state index is 12.9. The van der Waals surface area contributed by atoms with E-state index in [-0.39, 0.29) is 4.90 Å². The lowest BCUT2D eigenvalue weighted by molar-refractivity contribution is 0.407. The van der Waals surface area contributed by atoms with Gasteiger partial charge in [-0.3, -0.25) is 4.72 Å². The van der Waals surface area contributed by atoms with Gasteiger partial charge in [0.05, 0.1) is 14.9 Å². The monoisotopic (exact) mass is 461 g/mol. The first-order chi connectivity index (χ1) is 14.3. The van der Waals surface area contributed by atoms with Crippen LogP contribution in [0, 0.1) is 0 Å². The number of rotatable bonds is 5. The van der Waals surface area contributed by atoms with Crippen LogP contribution in [0.5, 0.6) is 0 Å². The fraction of sp³-hybridized carbons (Fsp3) is 0.273. The van der Waals surface area contributed by atoms with Gasteiger partial charge in [0.2, 0.25) is 0 Å². The molecule has 0 radical (unpaired) electrons. The van der Waals surface area contributed by atoms with Crippen molar-refractivity contribution < 1.29 is 8.42 Å². The van der Waals surface area contributed by atoms with Gasteiger partial charge in [0.15, 0.2) is 0 Å². The molecule has 1 aliphatic rings. The highest BCUT2D eigenvalue weighted by molar-refractivity contribution is 7.92. The van der Waals surface area contributed by atoms with Crippen LogP contribution in [0.25, 0.3) is 10.4 Å². The average Bonchev–Trinajstić information content (AvgIpc) is 3.14. The molecule has 2 heterocycles. The molecular formula is C22H24ClN3O2S2. The van der Waals surface area contributed by atoms with E-state index in [2.05, 4.69) is 28.8 Å². The fourth-order valence-corrected chi connectivity index (χ4v) is 5.88. The third-order valence-electron chi connectivity index (χ3n) is 5.04. The maximum atomic E-state index is 12.9. The van der Waals surface area contributed by atoms with E-state index in [0.717, 1.165) is 29.2 Å². The Morgan fingerprint density at radius 1 is 1.03 bits per heavy atom. The number of nitrogens with one attached hydrogen (secondary N) is 2. The standard InChI is InChI=1S/C22H24ClN3O2S2/c1-15-13-26(14-16(2)24-15)19-5-3-4-18(12-19)25-30(27,28)20-8-6-17(7-9-20)21-10-11-22(23)29-21/h3-12,15-16,24-25H,13-14H2,1-2H3/t15-,16+. The van der Waals surface area contributed by atoms with Crippen molar-refractivity contribution >= 4 is 44.3 Å². The number of piperazine rings is 1. The maximum Gasteiger partial charge on any atom is 0.261 e. The van der Waals surface area contributed by atoms with Crippen LogP contribution < -0.4 is 14.9 Å². The summed E-state index contributed by atoms with van der Waals surface area (Å²) < 4.78 is 29.2. The molecule has 2 aromatic carbocycles. The first kappa shape index (κ1) is 21.2. The highest BCUT2D eigenvalue weighted by Gasteiger charge is 2.22. The second-order valence-corrected chi connectivity index (χ2v) is 11.1. The molecule has 0 saturated carbocycles. The van der Waals surface area contributed by atoms with E-state index < -0.39 is 10.0 Å². The summed E-state index contributed by atoms with van der Waals surface area (Å²) in [5, 5.41) is 3.51. The van der Waals surface area contributed by atoms with Crippen molar-refractivity contribution in [2.24, 2.45) is 0 Å². The van der Waals surface area contributed by atoms with Crippen LogP contribution in [0.15, 0.2) is 65.6 Å². The molecule has 0 aliphatic carbocycles. The molecule has 158 valence electrons. The molecule has 1 aromatic heterocycles. The Balaban J connectivity index is 1.52. The Morgan fingerprint density at radius 2 is 1.73 bits per heavy atom. The van der Waals surface area contributed by atoms with Gasteiger partial charge in [-0.05, 0) is 61.9 Å². The summed E-state index contributed by atoms with van der Waals surface area (Å²) in [7, 11) is -3.68. The van der Waals surface area contributed by atoms with Crippen molar-refractivity contribution in [1.82, 2.24) is 5.32 Å². The van der Waals surface area contributed by atoms with Crippen LogP contribution in [0.2, 0.25) is 4.34 Å². The second kappa shape index (κ2) is 8.59. The van der Waals surface area contributed by atoms with E-state index in [1.54, 1.807) is 30.3 Å². The van der Waals surface area contributed by atoms with Gasteiger partial charge in [0.1, 0.15) is 0 Å². The molecule has 1 aliphatic heterocycles. The average molecular weight is 462 g/mol. The number of anilines is 2. The molecule has 1 saturated heterocycles. The molecule has 5 nitrogen and oxygen atoms in total. The summed E-state index contributed by atoms with van der Waals surface area (Å²) in [5.74, 6) is 0. The van der Waals surface area contributed by atoms with Crippen LogP contribution in [-0.4, -0.2) is 33.6 Å². The molecule has 0 spiro atoms. The van der Waals surface area contributed by atoms with Crippen molar-refractivity contribution in [3.05, 3.63) is 65.0 Å². The van der Waals surface area contributed by atoms with Crippen molar-refractivity contribution in [2.75, 3.05) is 22.7 Å². The van der Waals surface area contributed by atoms with Gasteiger partial charge >= 0.3 is 0 Å². The molecule has 0 amide bonds. The van der Waals surface area contributed by atoms with Crippen molar-refractivity contribution in [2.45, 2.75) is 30.8 Å². The smallest absolute Gasteiger partial charge is 0.261 e. The van der Waals surface area contributed by atoms with Crippen LogP contribution in [0.1, 0.15) is 13.8 Å². The summed E-state index contributed by atoms with van der Waals surface area (Å²) in [5.41, 5.74) is 2.51. The van der Waals surface area contributed by atoms with Gasteiger partial charge in [-0.25, -0.2) is 8.42 Å². The Labute approximate surface area is 186 Å². The zero-order valence-electron chi connectivity index (χ0n) is 16.8. The fourth-order valence-electron chi connectivity index (χ4n) is 3.79. The molecule has 2 atom stereocenters. The number of benzene rings is 2. The van der Waals surface area contributed by atoms with Crippen LogP contribution in [-0.2, 0) is 10.0 Å². The van der Waals surface area contributed by atoms with Gasteiger partial charge < -0.3 is 10.2 Å².